The van der Waals surface area contributed by atoms with E-state index in [0.717, 1.165) is 11.3 Å². The Morgan fingerprint density at radius 3 is 2.17 bits per heavy atom. The maximum Gasteiger partial charge on any atom is 0.233 e. The Labute approximate surface area is 144 Å². The number of hydrogen-bond acceptors (Lipinski definition) is 3. The first kappa shape index (κ1) is 16.8. The van der Waals surface area contributed by atoms with Crippen LogP contribution in [0.5, 0.6) is 0 Å². The van der Waals surface area contributed by atoms with Crippen LogP contribution in [0.4, 0.5) is 11.4 Å². The Balaban J connectivity index is 1.54. The van der Waals surface area contributed by atoms with E-state index in [1.807, 2.05) is 54.6 Å². The van der Waals surface area contributed by atoms with Crippen molar-refractivity contribution in [3.63, 3.8) is 0 Å². The molecule has 5 heteroatoms. The standard InChI is InChI=1S/C19H24N2O2S/c22-24(23,15-14-16-6-2-1-3-7-16)21-19-12-10-18(11-13-19)20-17-8-4-5-9-17/h1-3,6-7,10-13,17,20-21H,4-5,8-9,14-15H2. The van der Waals surface area contributed by atoms with Gasteiger partial charge >= 0.3 is 0 Å². The number of sulfonamides is 1. The van der Waals surface area contributed by atoms with Crippen LogP contribution in [0.1, 0.15) is 31.2 Å². The molecule has 3 rings (SSSR count). The number of aryl methyl sites for hydroxylation is 1. The molecule has 2 N–H and O–H groups in total. The lowest BCUT2D eigenvalue weighted by molar-refractivity contribution is 0.600. The molecular formula is C19H24N2O2S. The molecule has 2 aromatic rings. The molecule has 24 heavy (non-hydrogen) atoms. The zero-order valence-corrected chi connectivity index (χ0v) is 14.6. The SMILES string of the molecule is O=S(=O)(CCc1ccccc1)Nc1ccc(NC2CCCC2)cc1. The van der Waals surface area contributed by atoms with Crippen molar-refractivity contribution in [2.24, 2.45) is 0 Å². The molecule has 0 aliphatic heterocycles. The lowest BCUT2D eigenvalue weighted by Gasteiger charge is -2.14. The minimum atomic E-state index is -3.34. The van der Waals surface area contributed by atoms with Crippen LogP contribution >= 0.6 is 0 Å². The second-order valence-corrected chi connectivity index (χ2v) is 8.20. The molecule has 128 valence electrons. The Morgan fingerprint density at radius 1 is 0.875 bits per heavy atom. The van der Waals surface area contributed by atoms with E-state index >= 15 is 0 Å². The number of benzene rings is 2. The van der Waals surface area contributed by atoms with Crippen molar-refractivity contribution in [1.82, 2.24) is 0 Å². The van der Waals surface area contributed by atoms with Crippen molar-refractivity contribution in [2.75, 3.05) is 15.8 Å². The van der Waals surface area contributed by atoms with Gasteiger partial charge in [-0.05, 0) is 49.1 Å². The third-order valence-electron chi connectivity index (χ3n) is 4.39. The topological polar surface area (TPSA) is 58.2 Å². The van der Waals surface area contributed by atoms with Gasteiger partial charge in [-0.15, -0.1) is 0 Å². The maximum absolute atomic E-state index is 12.2. The fourth-order valence-electron chi connectivity index (χ4n) is 3.07. The summed E-state index contributed by atoms with van der Waals surface area (Å²) in [7, 11) is -3.34. The van der Waals surface area contributed by atoms with Crippen molar-refractivity contribution in [3.8, 4) is 0 Å². The summed E-state index contributed by atoms with van der Waals surface area (Å²) in [5, 5.41) is 3.50. The quantitative estimate of drug-likeness (QED) is 0.797. The number of rotatable bonds is 7. The Hall–Kier alpha value is -2.01. The molecule has 0 saturated heterocycles. The van der Waals surface area contributed by atoms with E-state index in [9.17, 15) is 8.42 Å². The van der Waals surface area contributed by atoms with Crippen molar-refractivity contribution in [3.05, 3.63) is 60.2 Å². The van der Waals surface area contributed by atoms with E-state index in [0.29, 0.717) is 18.2 Å². The molecule has 0 amide bonds. The lowest BCUT2D eigenvalue weighted by Crippen LogP contribution is -2.18. The molecule has 0 aromatic heterocycles. The second kappa shape index (κ2) is 7.71. The molecule has 0 heterocycles. The van der Waals surface area contributed by atoms with Gasteiger partial charge in [0.1, 0.15) is 0 Å². The molecule has 0 bridgehead atoms. The van der Waals surface area contributed by atoms with E-state index in [4.69, 9.17) is 0 Å². The molecule has 0 spiro atoms. The minimum Gasteiger partial charge on any atom is -0.382 e. The van der Waals surface area contributed by atoms with Gasteiger partial charge in [-0.3, -0.25) is 4.72 Å². The average Bonchev–Trinajstić information content (AvgIpc) is 3.09. The van der Waals surface area contributed by atoms with Crippen LogP contribution in [-0.2, 0) is 16.4 Å². The number of anilines is 2. The first-order valence-electron chi connectivity index (χ1n) is 8.52. The van der Waals surface area contributed by atoms with Gasteiger partial charge in [0, 0.05) is 17.4 Å². The van der Waals surface area contributed by atoms with Gasteiger partial charge in [-0.1, -0.05) is 43.2 Å². The van der Waals surface area contributed by atoms with Crippen molar-refractivity contribution in [1.29, 1.82) is 0 Å². The van der Waals surface area contributed by atoms with Gasteiger partial charge < -0.3 is 5.32 Å². The van der Waals surface area contributed by atoms with Crippen molar-refractivity contribution >= 4 is 21.4 Å². The normalized spacial score (nSPS) is 15.3. The average molecular weight is 344 g/mol. The highest BCUT2D eigenvalue weighted by Gasteiger charge is 2.14. The predicted octanol–water partition coefficient (Wildman–Crippen LogP) is 4.03. The van der Waals surface area contributed by atoms with E-state index in [1.165, 1.54) is 25.7 Å². The largest absolute Gasteiger partial charge is 0.382 e. The van der Waals surface area contributed by atoms with Crippen LogP contribution in [0.15, 0.2) is 54.6 Å². The van der Waals surface area contributed by atoms with Crippen LogP contribution in [0, 0.1) is 0 Å². The molecule has 1 aliphatic rings. The molecule has 1 aliphatic carbocycles. The fraction of sp³-hybridized carbons (Fsp3) is 0.368. The smallest absolute Gasteiger partial charge is 0.233 e. The summed E-state index contributed by atoms with van der Waals surface area (Å²) < 4.78 is 27.1. The van der Waals surface area contributed by atoms with Crippen LogP contribution in [-0.4, -0.2) is 20.2 Å². The zero-order chi connectivity index (χ0) is 16.8. The molecule has 0 radical (unpaired) electrons. The van der Waals surface area contributed by atoms with E-state index in [-0.39, 0.29) is 5.75 Å². The molecule has 1 fully saturated rings. The molecule has 4 nitrogen and oxygen atoms in total. The summed E-state index contributed by atoms with van der Waals surface area (Å²) in [6.45, 7) is 0. The van der Waals surface area contributed by atoms with Crippen LogP contribution in [0.2, 0.25) is 0 Å². The molecule has 2 aromatic carbocycles. The summed E-state index contributed by atoms with van der Waals surface area (Å²) >= 11 is 0. The van der Waals surface area contributed by atoms with E-state index in [2.05, 4.69) is 10.0 Å². The molecule has 1 saturated carbocycles. The Morgan fingerprint density at radius 2 is 1.50 bits per heavy atom. The zero-order valence-electron chi connectivity index (χ0n) is 13.7. The molecule has 0 atom stereocenters. The number of nitrogens with one attached hydrogen (secondary N) is 2. The van der Waals surface area contributed by atoms with Gasteiger partial charge in [0.2, 0.25) is 10.0 Å². The third kappa shape index (κ3) is 4.99. The Kier molecular flexibility index (Phi) is 5.41. The van der Waals surface area contributed by atoms with Gasteiger partial charge in [0.15, 0.2) is 0 Å². The second-order valence-electron chi connectivity index (χ2n) is 6.36. The van der Waals surface area contributed by atoms with Crippen molar-refractivity contribution < 1.29 is 8.42 Å². The summed E-state index contributed by atoms with van der Waals surface area (Å²) in [6, 6.07) is 17.7. The highest BCUT2D eigenvalue weighted by atomic mass is 32.2. The monoisotopic (exact) mass is 344 g/mol. The summed E-state index contributed by atoms with van der Waals surface area (Å²) in [5.74, 6) is 0.0824. The third-order valence-corrected chi connectivity index (χ3v) is 5.67. The minimum absolute atomic E-state index is 0.0824. The molecular weight excluding hydrogens is 320 g/mol. The lowest BCUT2D eigenvalue weighted by atomic mass is 10.2. The van der Waals surface area contributed by atoms with Gasteiger partial charge in [-0.25, -0.2) is 8.42 Å². The first-order chi connectivity index (χ1) is 11.6. The van der Waals surface area contributed by atoms with E-state index < -0.39 is 10.0 Å². The van der Waals surface area contributed by atoms with Gasteiger partial charge in [-0.2, -0.15) is 0 Å². The van der Waals surface area contributed by atoms with E-state index in [1.54, 1.807) is 0 Å². The van der Waals surface area contributed by atoms with Crippen LogP contribution in [0.25, 0.3) is 0 Å². The highest BCUT2D eigenvalue weighted by molar-refractivity contribution is 7.92. The summed E-state index contributed by atoms with van der Waals surface area (Å²) in [6.07, 6.45) is 5.52. The summed E-state index contributed by atoms with van der Waals surface area (Å²) in [4.78, 5) is 0. The first-order valence-corrected chi connectivity index (χ1v) is 10.2. The molecule has 0 unspecified atom stereocenters. The predicted molar refractivity (Wildman–Crippen MR) is 99.9 cm³/mol. The van der Waals surface area contributed by atoms with Gasteiger partial charge in [0.25, 0.3) is 0 Å². The van der Waals surface area contributed by atoms with Crippen LogP contribution < -0.4 is 10.0 Å². The highest BCUT2D eigenvalue weighted by Crippen LogP contribution is 2.23. The Bertz CT molecular complexity index is 737. The van der Waals surface area contributed by atoms with Gasteiger partial charge in [0.05, 0.1) is 5.75 Å². The van der Waals surface area contributed by atoms with Crippen molar-refractivity contribution in [2.45, 2.75) is 38.1 Å². The van der Waals surface area contributed by atoms with Crippen LogP contribution in [0.3, 0.4) is 0 Å². The fourth-order valence-corrected chi connectivity index (χ4v) is 4.17. The number of hydrogen-bond donors (Lipinski definition) is 2. The summed E-state index contributed by atoms with van der Waals surface area (Å²) in [5.41, 5.74) is 2.69. The maximum atomic E-state index is 12.2.